The van der Waals surface area contributed by atoms with Gasteiger partial charge in [-0.25, -0.2) is 0 Å². The Morgan fingerprint density at radius 1 is 1.18 bits per heavy atom. The molecule has 0 aliphatic heterocycles. The second kappa shape index (κ2) is 5.19. The normalized spacial score (nSPS) is 12.5. The van der Waals surface area contributed by atoms with E-state index < -0.39 is 5.97 Å². The van der Waals surface area contributed by atoms with Crippen molar-refractivity contribution < 1.29 is 9.90 Å². The number of rotatable bonds is 4. The Hall–Kier alpha value is -1.54. The number of carbonyl (C=O) groups is 1. The number of hydrogen-bond acceptors (Lipinski definition) is 1. The maximum Gasteiger partial charge on any atom is 0.303 e. The zero-order valence-corrected chi connectivity index (χ0v) is 10.0. The molecule has 1 N–H and O–H groups in total. The molecule has 2 aromatic carbocycles. The molecule has 0 bridgehead atoms. The summed E-state index contributed by atoms with van der Waals surface area (Å²) >= 11 is 6.27. The lowest BCUT2D eigenvalue weighted by Gasteiger charge is -2.11. The third kappa shape index (κ3) is 2.77. The fourth-order valence-electron chi connectivity index (χ4n) is 1.93. The van der Waals surface area contributed by atoms with Gasteiger partial charge in [-0.3, -0.25) is 4.79 Å². The number of carboxylic acids is 1. The van der Waals surface area contributed by atoms with Crippen LogP contribution in [0, 0.1) is 0 Å². The zero-order chi connectivity index (χ0) is 12.3. The summed E-state index contributed by atoms with van der Waals surface area (Å²) in [6, 6.07) is 13.9. The van der Waals surface area contributed by atoms with Crippen molar-refractivity contribution in [1.29, 1.82) is 0 Å². The second-order valence-corrected chi connectivity index (χ2v) is 4.50. The highest BCUT2D eigenvalue weighted by atomic mass is 35.5. The Morgan fingerprint density at radius 3 is 2.65 bits per heavy atom. The van der Waals surface area contributed by atoms with E-state index in [1.165, 1.54) is 0 Å². The average molecular weight is 249 g/mol. The van der Waals surface area contributed by atoms with Crippen LogP contribution in [0.1, 0.15) is 23.8 Å². The van der Waals surface area contributed by atoms with E-state index in [2.05, 4.69) is 0 Å². The van der Waals surface area contributed by atoms with Crippen LogP contribution in [-0.4, -0.2) is 11.1 Å². The van der Waals surface area contributed by atoms with Crippen LogP contribution in [0.25, 0.3) is 10.8 Å². The van der Waals surface area contributed by atoms with E-state index in [4.69, 9.17) is 16.7 Å². The van der Waals surface area contributed by atoms with Gasteiger partial charge in [0.15, 0.2) is 0 Å². The number of hydrogen-bond donors (Lipinski definition) is 1. The first-order valence-electron chi connectivity index (χ1n) is 5.52. The SMILES string of the molecule is O=C(O)CCC(Cl)c1cccc2ccccc12. The van der Waals surface area contributed by atoms with E-state index in [-0.39, 0.29) is 11.8 Å². The largest absolute Gasteiger partial charge is 0.481 e. The molecule has 0 aliphatic rings. The Bertz CT molecular complexity index is 531. The first kappa shape index (κ1) is 11.9. The molecule has 3 heteroatoms. The number of aliphatic carboxylic acids is 1. The predicted molar refractivity (Wildman–Crippen MR) is 69.4 cm³/mol. The van der Waals surface area contributed by atoms with Gasteiger partial charge in [0.2, 0.25) is 0 Å². The number of benzene rings is 2. The number of carboxylic acid groups (broad SMARTS) is 1. The van der Waals surface area contributed by atoms with Crippen LogP contribution in [0.3, 0.4) is 0 Å². The predicted octanol–water partition coefficient (Wildman–Crippen LogP) is 3.98. The van der Waals surface area contributed by atoms with Crippen molar-refractivity contribution in [3.05, 3.63) is 48.0 Å². The lowest BCUT2D eigenvalue weighted by molar-refractivity contribution is -0.137. The summed E-state index contributed by atoms with van der Waals surface area (Å²) in [7, 11) is 0. The highest BCUT2D eigenvalue weighted by Crippen LogP contribution is 2.31. The van der Waals surface area contributed by atoms with E-state index >= 15 is 0 Å². The molecule has 2 nitrogen and oxygen atoms in total. The lowest BCUT2D eigenvalue weighted by atomic mass is 10.00. The Kier molecular flexibility index (Phi) is 3.64. The zero-order valence-electron chi connectivity index (χ0n) is 9.27. The van der Waals surface area contributed by atoms with Crippen LogP contribution in [-0.2, 0) is 4.79 Å². The molecule has 0 spiro atoms. The van der Waals surface area contributed by atoms with Crippen molar-refractivity contribution in [3.63, 3.8) is 0 Å². The summed E-state index contributed by atoms with van der Waals surface area (Å²) in [6.45, 7) is 0. The summed E-state index contributed by atoms with van der Waals surface area (Å²) in [5.41, 5.74) is 1.01. The van der Waals surface area contributed by atoms with Crippen molar-refractivity contribution in [2.24, 2.45) is 0 Å². The van der Waals surface area contributed by atoms with Gasteiger partial charge in [-0.15, -0.1) is 11.6 Å². The van der Waals surface area contributed by atoms with Gasteiger partial charge in [-0.2, -0.15) is 0 Å². The summed E-state index contributed by atoms with van der Waals surface area (Å²) in [4.78, 5) is 10.5. The standard InChI is InChI=1S/C14H13ClO2/c15-13(8-9-14(16)17)12-7-3-5-10-4-1-2-6-11(10)12/h1-7,13H,8-9H2,(H,16,17). The van der Waals surface area contributed by atoms with Crippen LogP contribution < -0.4 is 0 Å². The summed E-state index contributed by atoms with van der Waals surface area (Å²) in [5.74, 6) is -0.809. The van der Waals surface area contributed by atoms with E-state index in [9.17, 15) is 4.79 Å². The monoisotopic (exact) mass is 248 g/mol. The average Bonchev–Trinajstić information content (AvgIpc) is 2.35. The summed E-state index contributed by atoms with van der Waals surface area (Å²) < 4.78 is 0. The van der Waals surface area contributed by atoms with Gasteiger partial charge in [0, 0.05) is 6.42 Å². The molecule has 0 amide bonds. The molecule has 1 atom stereocenters. The van der Waals surface area contributed by atoms with Crippen LogP contribution in [0.4, 0.5) is 0 Å². The van der Waals surface area contributed by atoms with E-state index in [0.29, 0.717) is 6.42 Å². The van der Waals surface area contributed by atoms with Crippen molar-refractivity contribution in [1.82, 2.24) is 0 Å². The topological polar surface area (TPSA) is 37.3 Å². The minimum absolute atomic E-state index is 0.0946. The molecule has 2 aromatic rings. The third-order valence-corrected chi connectivity index (χ3v) is 3.23. The molecule has 2 rings (SSSR count). The molecule has 0 saturated heterocycles. The molecule has 0 aliphatic carbocycles. The van der Waals surface area contributed by atoms with Crippen LogP contribution in [0.2, 0.25) is 0 Å². The number of alkyl halides is 1. The minimum Gasteiger partial charge on any atom is -0.481 e. The molecular weight excluding hydrogens is 236 g/mol. The first-order chi connectivity index (χ1) is 8.18. The molecule has 17 heavy (non-hydrogen) atoms. The lowest BCUT2D eigenvalue weighted by Crippen LogP contribution is -1.99. The van der Waals surface area contributed by atoms with Gasteiger partial charge in [-0.1, -0.05) is 42.5 Å². The van der Waals surface area contributed by atoms with Crippen LogP contribution >= 0.6 is 11.6 Å². The molecule has 0 heterocycles. The molecular formula is C14H13ClO2. The van der Waals surface area contributed by atoms with E-state index in [0.717, 1.165) is 16.3 Å². The van der Waals surface area contributed by atoms with Gasteiger partial charge in [0.1, 0.15) is 0 Å². The maximum atomic E-state index is 10.5. The molecule has 1 unspecified atom stereocenters. The van der Waals surface area contributed by atoms with Crippen molar-refractivity contribution >= 4 is 28.3 Å². The van der Waals surface area contributed by atoms with Crippen molar-refractivity contribution in [2.75, 3.05) is 0 Å². The Labute approximate surface area is 105 Å². The van der Waals surface area contributed by atoms with Crippen molar-refractivity contribution in [3.8, 4) is 0 Å². The summed E-state index contributed by atoms with van der Waals surface area (Å²) in [5, 5.41) is 10.6. The highest BCUT2D eigenvalue weighted by Gasteiger charge is 2.12. The van der Waals surface area contributed by atoms with E-state index in [1.807, 2.05) is 42.5 Å². The fraction of sp³-hybridized carbons (Fsp3) is 0.214. The molecule has 0 radical (unpaired) electrons. The maximum absolute atomic E-state index is 10.5. The quantitative estimate of drug-likeness (QED) is 0.831. The number of halogens is 1. The Balaban J connectivity index is 2.31. The van der Waals surface area contributed by atoms with Crippen LogP contribution in [0.15, 0.2) is 42.5 Å². The number of fused-ring (bicyclic) bond motifs is 1. The molecule has 88 valence electrons. The third-order valence-electron chi connectivity index (χ3n) is 2.77. The van der Waals surface area contributed by atoms with Gasteiger partial charge in [0.25, 0.3) is 0 Å². The summed E-state index contributed by atoms with van der Waals surface area (Å²) in [6.07, 6.45) is 0.544. The fourth-order valence-corrected chi connectivity index (χ4v) is 2.23. The Morgan fingerprint density at radius 2 is 1.88 bits per heavy atom. The van der Waals surface area contributed by atoms with Gasteiger partial charge in [-0.05, 0) is 22.8 Å². The van der Waals surface area contributed by atoms with Crippen LogP contribution in [0.5, 0.6) is 0 Å². The minimum atomic E-state index is -0.809. The van der Waals surface area contributed by atoms with E-state index in [1.54, 1.807) is 0 Å². The van der Waals surface area contributed by atoms with Gasteiger partial charge < -0.3 is 5.11 Å². The highest BCUT2D eigenvalue weighted by molar-refractivity contribution is 6.21. The van der Waals surface area contributed by atoms with Gasteiger partial charge >= 0.3 is 5.97 Å². The second-order valence-electron chi connectivity index (χ2n) is 3.97. The molecule has 0 aromatic heterocycles. The van der Waals surface area contributed by atoms with Gasteiger partial charge in [0.05, 0.1) is 5.38 Å². The first-order valence-corrected chi connectivity index (χ1v) is 5.95. The molecule has 0 saturated carbocycles. The molecule has 0 fully saturated rings. The van der Waals surface area contributed by atoms with Crippen molar-refractivity contribution in [2.45, 2.75) is 18.2 Å². The smallest absolute Gasteiger partial charge is 0.303 e.